The standard InChI is InChI=1S/C13H18O5/c1-8(2)18-13(15)12(14)10-6-5-9(16-3)7-11(10)17-4/h5-8,12,14H,1-4H3. The molecular weight excluding hydrogens is 236 g/mol. The number of benzene rings is 1. The monoisotopic (exact) mass is 254 g/mol. The minimum absolute atomic E-state index is 0.281. The summed E-state index contributed by atoms with van der Waals surface area (Å²) < 4.78 is 15.1. The molecule has 1 atom stereocenters. The molecule has 0 saturated heterocycles. The van der Waals surface area contributed by atoms with Gasteiger partial charge in [-0.15, -0.1) is 0 Å². The number of hydrogen-bond donors (Lipinski definition) is 1. The van der Waals surface area contributed by atoms with Gasteiger partial charge < -0.3 is 19.3 Å². The van der Waals surface area contributed by atoms with Crippen LogP contribution in [0, 0.1) is 0 Å². The lowest BCUT2D eigenvalue weighted by molar-refractivity contribution is -0.157. The van der Waals surface area contributed by atoms with Crippen molar-refractivity contribution in [3.8, 4) is 11.5 Å². The van der Waals surface area contributed by atoms with Crippen LogP contribution < -0.4 is 9.47 Å². The summed E-state index contributed by atoms with van der Waals surface area (Å²) in [6.45, 7) is 3.44. The molecule has 1 aromatic rings. The van der Waals surface area contributed by atoms with Gasteiger partial charge in [0.05, 0.1) is 20.3 Å². The highest BCUT2D eigenvalue weighted by atomic mass is 16.6. The van der Waals surface area contributed by atoms with Gasteiger partial charge in [0.1, 0.15) is 11.5 Å². The van der Waals surface area contributed by atoms with Crippen molar-refractivity contribution in [3.63, 3.8) is 0 Å². The number of methoxy groups -OCH3 is 2. The zero-order chi connectivity index (χ0) is 13.7. The molecule has 0 radical (unpaired) electrons. The number of aliphatic hydroxyl groups is 1. The van der Waals surface area contributed by atoms with Crippen molar-refractivity contribution >= 4 is 5.97 Å². The van der Waals surface area contributed by atoms with E-state index in [2.05, 4.69) is 0 Å². The minimum Gasteiger partial charge on any atom is -0.497 e. The van der Waals surface area contributed by atoms with Crippen molar-refractivity contribution < 1.29 is 24.1 Å². The molecule has 5 nitrogen and oxygen atoms in total. The van der Waals surface area contributed by atoms with E-state index in [1.807, 2.05) is 0 Å². The lowest BCUT2D eigenvalue weighted by atomic mass is 10.1. The topological polar surface area (TPSA) is 65.0 Å². The molecule has 0 heterocycles. The number of hydrogen-bond acceptors (Lipinski definition) is 5. The van der Waals surface area contributed by atoms with E-state index in [1.54, 1.807) is 32.0 Å². The zero-order valence-electron chi connectivity index (χ0n) is 11.0. The Morgan fingerprint density at radius 3 is 2.39 bits per heavy atom. The Morgan fingerprint density at radius 1 is 1.22 bits per heavy atom. The Bertz CT molecular complexity index is 414. The molecule has 0 aliphatic rings. The second kappa shape index (κ2) is 6.26. The van der Waals surface area contributed by atoms with E-state index in [0.717, 1.165) is 0 Å². The molecule has 1 N–H and O–H groups in total. The first kappa shape index (κ1) is 14.3. The summed E-state index contributed by atoms with van der Waals surface area (Å²) in [5, 5.41) is 9.92. The van der Waals surface area contributed by atoms with Crippen molar-refractivity contribution in [2.24, 2.45) is 0 Å². The Labute approximate surface area is 106 Å². The summed E-state index contributed by atoms with van der Waals surface area (Å²) >= 11 is 0. The molecule has 0 aliphatic heterocycles. The summed E-state index contributed by atoms with van der Waals surface area (Å²) in [5.41, 5.74) is 0.351. The lowest BCUT2D eigenvalue weighted by Gasteiger charge is -2.16. The zero-order valence-corrected chi connectivity index (χ0v) is 11.0. The fraction of sp³-hybridized carbons (Fsp3) is 0.462. The summed E-state index contributed by atoms with van der Waals surface area (Å²) in [4.78, 5) is 11.6. The molecule has 1 rings (SSSR count). The van der Waals surface area contributed by atoms with E-state index >= 15 is 0 Å². The van der Waals surface area contributed by atoms with Crippen molar-refractivity contribution in [2.75, 3.05) is 14.2 Å². The van der Waals surface area contributed by atoms with E-state index in [0.29, 0.717) is 17.1 Å². The number of aliphatic hydroxyl groups excluding tert-OH is 1. The highest BCUT2D eigenvalue weighted by Gasteiger charge is 2.23. The first-order valence-corrected chi connectivity index (χ1v) is 5.60. The summed E-state index contributed by atoms with van der Waals surface area (Å²) in [6, 6.07) is 4.81. The van der Waals surface area contributed by atoms with Crippen LogP contribution in [-0.4, -0.2) is 31.4 Å². The molecular formula is C13H18O5. The molecule has 0 aliphatic carbocycles. The maximum Gasteiger partial charge on any atom is 0.340 e. The number of ether oxygens (including phenoxy) is 3. The van der Waals surface area contributed by atoms with Gasteiger partial charge in [0, 0.05) is 11.6 Å². The van der Waals surface area contributed by atoms with Gasteiger partial charge in [0.25, 0.3) is 0 Å². The van der Waals surface area contributed by atoms with Gasteiger partial charge in [-0.25, -0.2) is 4.79 Å². The molecule has 5 heteroatoms. The molecule has 0 saturated carbocycles. The fourth-order valence-electron chi connectivity index (χ4n) is 1.47. The predicted octanol–water partition coefficient (Wildman–Crippen LogP) is 1.69. The number of rotatable bonds is 5. The van der Waals surface area contributed by atoms with Crippen molar-refractivity contribution in [3.05, 3.63) is 23.8 Å². The molecule has 1 unspecified atom stereocenters. The van der Waals surface area contributed by atoms with Crippen molar-refractivity contribution in [1.29, 1.82) is 0 Å². The van der Waals surface area contributed by atoms with Gasteiger partial charge in [0.15, 0.2) is 6.10 Å². The number of carbonyl (C=O) groups is 1. The van der Waals surface area contributed by atoms with Gasteiger partial charge in [-0.2, -0.15) is 0 Å². The Balaban J connectivity index is 2.97. The Hall–Kier alpha value is -1.75. The third kappa shape index (κ3) is 3.37. The third-order valence-electron chi connectivity index (χ3n) is 2.31. The van der Waals surface area contributed by atoms with E-state index in [9.17, 15) is 9.90 Å². The van der Waals surface area contributed by atoms with Gasteiger partial charge in [-0.05, 0) is 26.0 Å². The lowest BCUT2D eigenvalue weighted by Crippen LogP contribution is -2.19. The van der Waals surface area contributed by atoms with Crippen molar-refractivity contribution in [1.82, 2.24) is 0 Å². The van der Waals surface area contributed by atoms with E-state index in [-0.39, 0.29) is 6.10 Å². The SMILES string of the molecule is COc1ccc(C(O)C(=O)OC(C)C)c(OC)c1. The third-order valence-corrected chi connectivity index (χ3v) is 2.31. The van der Waals surface area contributed by atoms with Gasteiger partial charge in [-0.3, -0.25) is 0 Å². The van der Waals surface area contributed by atoms with Crippen LogP contribution in [0.2, 0.25) is 0 Å². The molecule has 18 heavy (non-hydrogen) atoms. The number of esters is 1. The van der Waals surface area contributed by atoms with E-state index in [1.165, 1.54) is 14.2 Å². The van der Waals surface area contributed by atoms with Crippen LogP contribution in [-0.2, 0) is 9.53 Å². The second-order valence-corrected chi connectivity index (χ2v) is 4.00. The predicted molar refractivity (Wildman–Crippen MR) is 65.7 cm³/mol. The summed E-state index contributed by atoms with van der Waals surface area (Å²) in [5.74, 6) is 0.260. The average Bonchev–Trinajstić information content (AvgIpc) is 2.36. The molecule has 100 valence electrons. The quantitative estimate of drug-likeness (QED) is 0.810. The highest BCUT2D eigenvalue weighted by Crippen LogP contribution is 2.30. The minimum atomic E-state index is -1.37. The normalized spacial score (nSPS) is 12.1. The van der Waals surface area contributed by atoms with Crippen LogP contribution in [0.1, 0.15) is 25.5 Å². The van der Waals surface area contributed by atoms with Gasteiger partial charge >= 0.3 is 5.97 Å². The van der Waals surface area contributed by atoms with Crippen molar-refractivity contribution in [2.45, 2.75) is 26.1 Å². The molecule has 0 aromatic heterocycles. The van der Waals surface area contributed by atoms with Crippen LogP contribution >= 0.6 is 0 Å². The molecule has 0 fully saturated rings. The maximum absolute atomic E-state index is 11.6. The van der Waals surface area contributed by atoms with Gasteiger partial charge in [0.2, 0.25) is 0 Å². The van der Waals surface area contributed by atoms with Crippen LogP contribution in [0.3, 0.4) is 0 Å². The van der Waals surface area contributed by atoms with Crippen LogP contribution in [0.4, 0.5) is 0 Å². The fourth-order valence-corrected chi connectivity index (χ4v) is 1.47. The van der Waals surface area contributed by atoms with Crippen LogP contribution in [0.15, 0.2) is 18.2 Å². The molecule has 0 spiro atoms. The number of carbonyl (C=O) groups excluding carboxylic acids is 1. The molecule has 0 bridgehead atoms. The highest BCUT2D eigenvalue weighted by molar-refractivity contribution is 5.77. The van der Waals surface area contributed by atoms with E-state index < -0.39 is 12.1 Å². The van der Waals surface area contributed by atoms with Gasteiger partial charge in [-0.1, -0.05) is 0 Å². The first-order chi connectivity index (χ1) is 8.49. The summed E-state index contributed by atoms with van der Waals surface area (Å²) in [7, 11) is 2.98. The second-order valence-electron chi connectivity index (χ2n) is 4.00. The smallest absolute Gasteiger partial charge is 0.340 e. The summed E-state index contributed by atoms with van der Waals surface area (Å²) in [6.07, 6.45) is -1.65. The average molecular weight is 254 g/mol. The van der Waals surface area contributed by atoms with Crippen LogP contribution in [0.5, 0.6) is 11.5 Å². The largest absolute Gasteiger partial charge is 0.497 e. The molecule has 1 aromatic carbocycles. The molecule has 0 amide bonds. The van der Waals surface area contributed by atoms with Crippen LogP contribution in [0.25, 0.3) is 0 Å². The van der Waals surface area contributed by atoms with E-state index in [4.69, 9.17) is 14.2 Å². The maximum atomic E-state index is 11.6. The Kier molecular flexibility index (Phi) is 4.97. The first-order valence-electron chi connectivity index (χ1n) is 5.60. The Morgan fingerprint density at radius 2 is 1.89 bits per heavy atom.